The molecule has 3 amide bonds. The van der Waals surface area contributed by atoms with E-state index in [0.29, 0.717) is 11.3 Å². The molecule has 2 rings (SSSR count). The Labute approximate surface area is 200 Å². The standard InChI is InChI=1S/C26H33N3O5/c1-18-8-10-20(11-9-18)22(30)12-13-24(32)29-21-7-5-6-19(16-21)17-28-23(31)14-15-27-25(33)34-26(2,3)4/h5-11,16H,12-15,17H2,1-4H3,(H,27,33)(H,28,31)(H,29,32). The third-order valence-corrected chi connectivity index (χ3v) is 4.67. The van der Waals surface area contributed by atoms with Crippen LogP contribution in [0.15, 0.2) is 48.5 Å². The number of carbonyl (C=O) groups excluding carboxylic acids is 4. The minimum atomic E-state index is -0.594. The number of hydrogen-bond acceptors (Lipinski definition) is 5. The van der Waals surface area contributed by atoms with Crippen LogP contribution in [-0.4, -0.2) is 35.8 Å². The van der Waals surface area contributed by atoms with E-state index in [1.165, 1.54) is 0 Å². The van der Waals surface area contributed by atoms with E-state index in [9.17, 15) is 19.2 Å². The number of aryl methyl sites for hydroxylation is 1. The Morgan fingerprint density at radius 1 is 0.853 bits per heavy atom. The Balaban J connectivity index is 1.72. The van der Waals surface area contributed by atoms with Gasteiger partial charge in [-0.2, -0.15) is 0 Å². The highest BCUT2D eigenvalue weighted by atomic mass is 16.6. The van der Waals surface area contributed by atoms with Crippen LogP contribution in [0.25, 0.3) is 0 Å². The smallest absolute Gasteiger partial charge is 0.407 e. The molecule has 8 nitrogen and oxygen atoms in total. The molecule has 0 aliphatic carbocycles. The van der Waals surface area contributed by atoms with E-state index in [2.05, 4.69) is 16.0 Å². The van der Waals surface area contributed by atoms with Crippen LogP contribution in [0.2, 0.25) is 0 Å². The summed E-state index contributed by atoms with van der Waals surface area (Å²) in [5, 5.41) is 8.10. The molecule has 0 saturated carbocycles. The average molecular weight is 468 g/mol. The first-order chi connectivity index (χ1) is 16.0. The Kier molecular flexibility index (Phi) is 9.79. The van der Waals surface area contributed by atoms with Crippen molar-refractivity contribution in [1.82, 2.24) is 10.6 Å². The van der Waals surface area contributed by atoms with Crippen LogP contribution in [0.1, 0.15) is 61.5 Å². The molecular weight excluding hydrogens is 434 g/mol. The van der Waals surface area contributed by atoms with Gasteiger partial charge >= 0.3 is 6.09 Å². The number of carbonyl (C=O) groups is 4. The molecule has 182 valence electrons. The van der Waals surface area contributed by atoms with Crippen LogP contribution in [0.5, 0.6) is 0 Å². The summed E-state index contributed by atoms with van der Waals surface area (Å²) in [5.41, 5.74) is 2.47. The van der Waals surface area contributed by atoms with E-state index in [4.69, 9.17) is 4.74 Å². The van der Waals surface area contributed by atoms with Gasteiger partial charge in [-0.25, -0.2) is 4.79 Å². The largest absolute Gasteiger partial charge is 0.444 e. The van der Waals surface area contributed by atoms with Gasteiger partial charge in [0.1, 0.15) is 5.60 Å². The van der Waals surface area contributed by atoms with E-state index in [1.807, 2.05) is 25.1 Å². The third kappa shape index (κ3) is 10.3. The molecule has 0 saturated heterocycles. The van der Waals surface area contributed by atoms with Crippen molar-refractivity contribution >= 4 is 29.4 Å². The summed E-state index contributed by atoms with van der Waals surface area (Å²) in [6.45, 7) is 7.69. The van der Waals surface area contributed by atoms with Crippen LogP contribution in [0, 0.1) is 6.92 Å². The predicted octanol–water partition coefficient (Wildman–Crippen LogP) is 4.13. The molecule has 0 heterocycles. The van der Waals surface area contributed by atoms with E-state index in [0.717, 1.165) is 11.1 Å². The molecule has 2 aromatic rings. The first-order valence-corrected chi connectivity index (χ1v) is 11.2. The van der Waals surface area contributed by atoms with Crippen molar-refractivity contribution in [3.05, 3.63) is 65.2 Å². The molecule has 0 fully saturated rings. The monoisotopic (exact) mass is 467 g/mol. The van der Waals surface area contributed by atoms with Gasteiger partial charge in [-0.05, 0) is 45.4 Å². The van der Waals surface area contributed by atoms with Crippen molar-refractivity contribution < 1.29 is 23.9 Å². The van der Waals surface area contributed by atoms with E-state index in [-0.39, 0.29) is 49.9 Å². The molecule has 3 N–H and O–H groups in total. The molecule has 0 radical (unpaired) electrons. The lowest BCUT2D eigenvalue weighted by Crippen LogP contribution is -2.35. The lowest BCUT2D eigenvalue weighted by Gasteiger charge is -2.19. The van der Waals surface area contributed by atoms with Crippen molar-refractivity contribution in [2.24, 2.45) is 0 Å². The Morgan fingerprint density at radius 2 is 1.56 bits per heavy atom. The first kappa shape index (κ1) is 26.6. The van der Waals surface area contributed by atoms with Gasteiger partial charge in [-0.15, -0.1) is 0 Å². The summed E-state index contributed by atoms with van der Waals surface area (Å²) in [6, 6.07) is 14.4. The van der Waals surface area contributed by atoms with Crippen LogP contribution < -0.4 is 16.0 Å². The summed E-state index contributed by atoms with van der Waals surface area (Å²) in [5.74, 6) is -0.553. The maximum atomic E-state index is 12.3. The number of ether oxygens (including phenoxy) is 1. The predicted molar refractivity (Wildman–Crippen MR) is 131 cm³/mol. The normalized spacial score (nSPS) is 10.8. The summed E-state index contributed by atoms with van der Waals surface area (Å²) >= 11 is 0. The van der Waals surface area contributed by atoms with Crippen LogP contribution in [-0.2, 0) is 20.9 Å². The first-order valence-electron chi connectivity index (χ1n) is 11.2. The number of ketones is 1. The lowest BCUT2D eigenvalue weighted by molar-refractivity contribution is -0.121. The molecule has 0 spiro atoms. The SMILES string of the molecule is Cc1ccc(C(=O)CCC(=O)Nc2cccc(CNC(=O)CCNC(=O)OC(C)(C)C)c2)cc1. The number of benzene rings is 2. The second-order valence-corrected chi connectivity index (χ2v) is 8.99. The highest BCUT2D eigenvalue weighted by Crippen LogP contribution is 2.13. The number of alkyl carbamates (subject to hydrolysis) is 1. The zero-order valence-electron chi connectivity index (χ0n) is 20.2. The quantitative estimate of drug-likeness (QED) is 0.455. The second kappa shape index (κ2) is 12.5. The van der Waals surface area contributed by atoms with Gasteiger partial charge in [-0.3, -0.25) is 14.4 Å². The molecule has 34 heavy (non-hydrogen) atoms. The molecule has 0 aliphatic rings. The summed E-state index contributed by atoms with van der Waals surface area (Å²) in [4.78, 5) is 48.1. The summed E-state index contributed by atoms with van der Waals surface area (Å²) in [7, 11) is 0. The van der Waals surface area contributed by atoms with Crippen molar-refractivity contribution in [3.8, 4) is 0 Å². The average Bonchev–Trinajstić information content (AvgIpc) is 2.75. The Morgan fingerprint density at radius 3 is 2.24 bits per heavy atom. The molecular formula is C26H33N3O5. The van der Waals surface area contributed by atoms with Crippen molar-refractivity contribution in [2.75, 3.05) is 11.9 Å². The van der Waals surface area contributed by atoms with Gasteiger partial charge in [0.25, 0.3) is 0 Å². The van der Waals surface area contributed by atoms with Crippen molar-refractivity contribution in [1.29, 1.82) is 0 Å². The third-order valence-electron chi connectivity index (χ3n) is 4.67. The lowest BCUT2D eigenvalue weighted by atomic mass is 10.0. The fourth-order valence-electron chi connectivity index (χ4n) is 2.97. The van der Waals surface area contributed by atoms with Crippen molar-refractivity contribution in [2.45, 2.75) is 59.1 Å². The van der Waals surface area contributed by atoms with Gasteiger partial charge in [0.05, 0.1) is 0 Å². The highest BCUT2D eigenvalue weighted by Gasteiger charge is 2.16. The maximum Gasteiger partial charge on any atom is 0.407 e. The molecule has 0 bridgehead atoms. The topological polar surface area (TPSA) is 114 Å². The van der Waals surface area contributed by atoms with Gasteiger partial charge < -0.3 is 20.7 Å². The summed E-state index contributed by atoms with van der Waals surface area (Å²) in [6.07, 6.45) is -0.241. The highest BCUT2D eigenvalue weighted by molar-refractivity contribution is 6.00. The summed E-state index contributed by atoms with van der Waals surface area (Å²) < 4.78 is 5.12. The van der Waals surface area contributed by atoms with Gasteiger partial charge in [0.2, 0.25) is 11.8 Å². The van der Waals surface area contributed by atoms with Gasteiger partial charge in [0, 0.05) is 43.6 Å². The molecule has 0 atom stereocenters. The molecule has 0 aliphatic heterocycles. The van der Waals surface area contributed by atoms with E-state index in [1.54, 1.807) is 51.1 Å². The Bertz CT molecular complexity index is 1010. The number of rotatable bonds is 10. The fourth-order valence-corrected chi connectivity index (χ4v) is 2.97. The second-order valence-electron chi connectivity index (χ2n) is 8.99. The van der Waals surface area contributed by atoms with Gasteiger partial charge in [-0.1, -0.05) is 42.0 Å². The fraction of sp³-hybridized carbons (Fsp3) is 0.385. The molecule has 0 unspecified atom stereocenters. The number of anilines is 1. The zero-order chi connectivity index (χ0) is 25.1. The number of Topliss-reactive ketones (excluding diaryl/α,β-unsaturated/α-hetero) is 1. The molecule has 2 aromatic carbocycles. The number of amides is 3. The minimum absolute atomic E-state index is 0.0761. The van der Waals surface area contributed by atoms with E-state index < -0.39 is 11.7 Å². The maximum absolute atomic E-state index is 12.3. The van der Waals surface area contributed by atoms with Crippen molar-refractivity contribution in [3.63, 3.8) is 0 Å². The Hall–Kier alpha value is -3.68. The molecule has 0 aromatic heterocycles. The zero-order valence-corrected chi connectivity index (χ0v) is 20.2. The van der Waals surface area contributed by atoms with Crippen LogP contribution in [0.3, 0.4) is 0 Å². The minimum Gasteiger partial charge on any atom is -0.444 e. The molecule has 8 heteroatoms. The van der Waals surface area contributed by atoms with Crippen LogP contribution >= 0.6 is 0 Å². The van der Waals surface area contributed by atoms with Crippen LogP contribution in [0.4, 0.5) is 10.5 Å². The van der Waals surface area contributed by atoms with E-state index >= 15 is 0 Å². The number of hydrogen-bond donors (Lipinski definition) is 3. The number of nitrogens with one attached hydrogen (secondary N) is 3. The van der Waals surface area contributed by atoms with Gasteiger partial charge in [0.15, 0.2) is 5.78 Å².